The van der Waals surface area contributed by atoms with Crippen LogP contribution in [0.2, 0.25) is 0 Å². The first-order valence-electron chi connectivity index (χ1n) is 9.01. The number of benzene rings is 1. The molecule has 2 fully saturated rings. The van der Waals surface area contributed by atoms with E-state index in [4.69, 9.17) is 0 Å². The fraction of sp³-hybridized carbons (Fsp3) is 0.526. The molecule has 0 aromatic heterocycles. The topological polar surface area (TPSA) is 78.5 Å². The van der Waals surface area contributed by atoms with Gasteiger partial charge in [-0.1, -0.05) is 41.3 Å². The van der Waals surface area contributed by atoms with Crippen molar-refractivity contribution in [3.63, 3.8) is 0 Å². The smallest absolute Gasteiger partial charge is 0.324 e. The second-order valence-corrected chi connectivity index (χ2v) is 8.23. The summed E-state index contributed by atoms with van der Waals surface area (Å²) in [4.78, 5) is 38.6. The zero-order valence-electron chi connectivity index (χ0n) is 15.1. The molecule has 1 aromatic rings. The third-order valence-corrected chi connectivity index (χ3v) is 6.33. The quantitative estimate of drug-likeness (QED) is 0.728. The monoisotopic (exact) mass is 421 g/mol. The standard InChI is InChI=1S/C19H24BrN3O3/c1-12-8-9-14(10-15(12)20)21-16(24)11-23-17(25)19(2,22-18(23)26)13-6-4-3-5-7-13/h8-10,13H,3-7,11H2,1-2H3,(H,21,24)(H,22,26)/t19-/m1/s1. The number of rotatable bonds is 4. The molecule has 0 unspecified atom stereocenters. The lowest BCUT2D eigenvalue weighted by atomic mass is 9.75. The van der Waals surface area contributed by atoms with Crippen LogP contribution in [0.4, 0.5) is 10.5 Å². The summed E-state index contributed by atoms with van der Waals surface area (Å²) in [6, 6.07) is 4.98. The Bertz CT molecular complexity index is 746. The lowest BCUT2D eigenvalue weighted by Gasteiger charge is -2.34. The average molecular weight is 422 g/mol. The van der Waals surface area contributed by atoms with E-state index in [1.165, 1.54) is 6.42 Å². The Morgan fingerprint density at radius 3 is 2.65 bits per heavy atom. The van der Waals surface area contributed by atoms with Crippen molar-refractivity contribution in [1.29, 1.82) is 0 Å². The Hall–Kier alpha value is -1.89. The summed E-state index contributed by atoms with van der Waals surface area (Å²) in [5, 5.41) is 5.58. The maximum Gasteiger partial charge on any atom is 0.325 e. The summed E-state index contributed by atoms with van der Waals surface area (Å²) >= 11 is 3.42. The third-order valence-electron chi connectivity index (χ3n) is 5.48. The van der Waals surface area contributed by atoms with Crippen LogP contribution in [-0.4, -0.2) is 34.8 Å². The van der Waals surface area contributed by atoms with Crippen LogP contribution in [0.1, 0.15) is 44.6 Å². The molecule has 0 radical (unpaired) electrons. The summed E-state index contributed by atoms with van der Waals surface area (Å²) in [5.41, 5.74) is 0.778. The summed E-state index contributed by atoms with van der Waals surface area (Å²) in [7, 11) is 0. The normalized spacial score (nSPS) is 23.9. The number of hydrogen-bond acceptors (Lipinski definition) is 3. The van der Waals surface area contributed by atoms with E-state index in [-0.39, 0.29) is 18.4 Å². The van der Waals surface area contributed by atoms with Crippen molar-refractivity contribution in [3.8, 4) is 0 Å². The average Bonchev–Trinajstić information content (AvgIpc) is 2.83. The van der Waals surface area contributed by atoms with Crippen LogP contribution in [0.25, 0.3) is 0 Å². The van der Waals surface area contributed by atoms with Gasteiger partial charge in [-0.2, -0.15) is 0 Å². The third kappa shape index (κ3) is 3.63. The van der Waals surface area contributed by atoms with Crippen LogP contribution in [0.5, 0.6) is 0 Å². The van der Waals surface area contributed by atoms with Gasteiger partial charge in [0, 0.05) is 10.2 Å². The maximum absolute atomic E-state index is 12.9. The van der Waals surface area contributed by atoms with Crippen LogP contribution in [0.3, 0.4) is 0 Å². The number of anilines is 1. The van der Waals surface area contributed by atoms with E-state index >= 15 is 0 Å². The molecule has 26 heavy (non-hydrogen) atoms. The number of carbonyl (C=O) groups excluding carboxylic acids is 3. The first-order chi connectivity index (χ1) is 12.3. The van der Waals surface area contributed by atoms with Crippen molar-refractivity contribution in [3.05, 3.63) is 28.2 Å². The number of aryl methyl sites for hydroxylation is 1. The molecule has 140 valence electrons. The van der Waals surface area contributed by atoms with E-state index in [0.29, 0.717) is 5.69 Å². The summed E-state index contributed by atoms with van der Waals surface area (Å²) in [6.07, 6.45) is 5.19. The summed E-state index contributed by atoms with van der Waals surface area (Å²) < 4.78 is 0.884. The van der Waals surface area contributed by atoms with Crippen molar-refractivity contribution >= 4 is 39.5 Å². The molecule has 0 spiro atoms. The van der Waals surface area contributed by atoms with Gasteiger partial charge in [0.15, 0.2) is 0 Å². The number of halogens is 1. The highest BCUT2D eigenvalue weighted by atomic mass is 79.9. The Morgan fingerprint density at radius 1 is 1.31 bits per heavy atom. The number of imide groups is 1. The molecule has 1 aliphatic heterocycles. The molecule has 1 heterocycles. The van der Waals surface area contributed by atoms with E-state index < -0.39 is 17.5 Å². The number of amides is 4. The second-order valence-electron chi connectivity index (χ2n) is 7.37. The molecule has 1 saturated carbocycles. The molecule has 0 bridgehead atoms. The van der Waals surface area contributed by atoms with Gasteiger partial charge >= 0.3 is 6.03 Å². The van der Waals surface area contributed by atoms with Gasteiger partial charge in [0.1, 0.15) is 12.1 Å². The highest BCUT2D eigenvalue weighted by Crippen LogP contribution is 2.36. The molecule has 1 saturated heterocycles. The van der Waals surface area contributed by atoms with E-state index in [2.05, 4.69) is 26.6 Å². The van der Waals surface area contributed by atoms with Crippen molar-refractivity contribution in [1.82, 2.24) is 10.2 Å². The highest BCUT2D eigenvalue weighted by Gasteiger charge is 2.52. The molecule has 3 rings (SSSR count). The van der Waals surface area contributed by atoms with Crippen molar-refractivity contribution < 1.29 is 14.4 Å². The summed E-state index contributed by atoms with van der Waals surface area (Å²) in [6.45, 7) is 3.46. The van der Waals surface area contributed by atoms with Crippen LogP contribution >= 0.6 is 15.9 Å². The minimum atomic E-state index is -0.898. The largest absolute Gasteiger partial charge is 0.325 e. The summed E-state index contributed by atoms with van der Waals surface area (Å²) in [5.74, 6) is -0.555. The lowest BCUT2D eigenvalue weighted by molar-refractivity contribution is -0.135. The number of hydrogen-bond donors (Lipinski definition) is 2. The van der Waals surface area contributed by atoms with E-state index in [9.17, 15) is 14.4 Å². The number of nitrogens with one attached hydrogen (secondary N) is 2. The van der Waals surface area contributed by atoms with Crippen LogP contribution in [0, 0.1) is 12.8 Å². The minimum Gasteiger partial charge on any atom is -0.324 e. The van der Waals surface area contributed by atoms with Gasteiger partial charge in [0.25, 0.3) is 5.91 Å². The maximum atomic E-state index is 12.9. The van der Waals surface area contributed by atoms with Gasteiger partial charge in [-0.3, -0.25) is 14.5 Å². The van der Waals surface area contributed by atoms with Crippen molar-refractivity contribution in [2.75, 3.05) is 11.9 Å². The van der Waals surface area contributed by atoms with Crippen LogP contribution < -0.4 is 10.6 Å². The molecule has 1 aliphatic carbocycles. The zero-order valence-corrected chi connectivity index (χ0v) is 16.7. The fourth-order valence-electron chi connectivity index (χ4n) is 3.83. The molecule has 6 nitrogen and oxygen atoms in total. The molecule has 2 N–H and O–H groups in total. The van der Waals surface area contributed by atoms with E-state index in [1.807, 2.05) is 13.0 Å². The predicted octanol–water partition coefficient (Wildman–Crippen LogP) is 3.59. The number of nitrogens with zero attached hydrogens (tertiary/aromatic N) is 1. The SMILES string of the molecule is Cc1ccc(NC(=O)CN2C(=O)N[C@](C)(C3CCCCC3)C2=O)cc1Br. The Morgan fingerprint density at radius 2 is 2.00 bits per heavy atom. The molecule has 1 atom stereocenters. The molecule has 1 aromatic carbocycles. The van der Waals surface area contributed by atoms with Crippen molar-refractivity contribution in [2.45, 2.75) is 51.5 Å². The predicted molar refractivity (Wildman–Crippen MR) is 103 cm³/mol. The van der Waals surface area contributed by atoms with Gasteiger partial charge in [-0.25, -0.2) is 4.79 Å². The lowest BCUT2D eigenvalue weighted by Crippen LogP contribution is -2.51. The Labute approximate surface area is 161 Å². The zero-order chi connectivity index (χ0) is 18.9. The molecular formula is C19H24BrN3O3. The first kappa shape index (κ1) is 18.9. The molecule has 4 amide bonds. The van der Waals surface area contributed by atoms with Crippen molar-refractivity contribution in [2.24, 2.45) is 5.92 Å². The molecule has 7 heteroatoms. The van der Waals surface area contributed by atoms with E-state index in [0.717, 1.165) is 40.6 Å². The van der Waals surface area contributed by atoms with Gasteiger partial charge in [0.05, 0.1) is 0 Å². The highest BCUT2D eigenvalue weighted by molar-refractivity contribution is 9.10. The molecular weight excluding hydrogens is 398 g/mol. The molecule has 2 aliphatic rings. The van der Waals surface area contributed by atoms with E-state index in [1.54, 1.807) is 19.1 Å². The van der Waals surface area contributed by atoms with Gasteiger partial charge < -0.3 is 10.6 Å². The van der Waals surface area contributed by atoms with Gasteiger partial charge in [-0.15, -0.1) is 0 Å². The van der Waals surface area contributed by atoms with Crippen LogP contribution in [0.15, 0.2) is 22.7 Å². The van der Waals surface area contributed by atoms with Crippen LogP contribution in [-0.2, 0) is 9.59 Å². The number of carbonyl (C=O) groups is 3. The van der Waals surface area contributed by atoms with Gasteiger partial charge in [-0.05, 0) is 50.3 Å². The second kappa shape index (κ2) is 7.39. The minimum absolute atomic E-state index is 0.133. The number of urea groups is 1. The first-order valence-corrected chi connectivity index (χ1v) is 9.80. The van der Waals surface area contributed by atoms with Gasteiger partial charge in [0.2, 0.25) is 5.91 Å². The Balaban J connectivity index is 1.67. The Kier molecular flexibility index (Phi) is 5.37. The fourth-order valence-corrected chi connectivity index (χ4v) is 4.21.